The molecule has 3 atom stereocenters. The van der Waals surface area contributed by atoms with Gasteiger partial charge in [-0.3, -0.25) is 14.4 Å². The number of carbonyl (C=O) groups is 3. The van der Waals surface area contributed by atoms with Crippen molar-refractivity contribution in [2.24, 2.45) is 5.41 Å². The fraction of sp³-hybridized carbons (Fsp3) is 0.630. The van der Waals surface area contributed by atoms with Crippen molar-refractivity contribution < 1.29 is 18.8 Å². The molecule has 1 aromatic carbocycles. The van der Waals surface area contributed by atoms with E-state index in [4.69, 9.17) is 0 Å². The lowest BCUT2D eigenvalue weighted by Crippen LogP contribution is -2.52. The summed E-state index contributed by atoms with van der Waals surface area (Å²) in [6, 6.07) is 3.20. The van der Waals surface area contributed by atoms with Crippen LogP contribution in [0.15, 0.2) is 18.2 Å². The Hall–Kier alpha value is -2.97. The van der Waals surface area contributed by atoms with Crippen LogP contribution in [-0.4, -0.2) is 51.2 Å². The summed E-state index contributed by atoms with van der Waals surface area (Å²) in [5, 5.41) is 5.64. The highest BCUT2D eigenvalue weighted by molar-refractivity contribution is 5.92. The zero-order chi connectivity index (χ0) is 26.5. The number of imidazole rings is 1. The normalized spacial score (nSPS) is 18.1. The van der Waals surface area contributed by atoms with E-state index in [-0.39, 0.29) is 41.6 Å². The van der Waals surface area contributed by atoms with Crippen LogP contribution in [0.4, 0.5) is 4.39 Å². The average molecular weight is 502 g/mol. The van der Waals surface area contributed by atoms with Gasteiger partial charge in [-0.2, -0.15) is 0 Å². The van der Waals surface area contributed by atoms with Gasteiger partial charge in [0.1, 0.15) is 17.4 Å². The van der Waals surface area contributed by atoms with Crippen LogP contribution in [0.2, 0.25) is 0 Å². The van der Waals surface area contributed by atoms with Gasteiger partial charge in [0, 0.05) is 19.0 Å². The molecule has 2 heterocycles. The molecule has 0 spiro atoms. The molecule has 1 saturated heterocycles. The first-order chi connectivity index (χ1) is 17.0. The average Bonchev–Trinajstić information content (AvgIpc) is 3.28. The van der Waals surface area contributed by atoms with Crippen molar-refractivity contribution in [3.8, 4) is 0 Å². The van der Waals surface area contributed by atoms with E-state index in [2.05, 4.69) is 27.5 Å². The molecule has 3 amide bonds. The van der Waals surface area contributed by atoms with Gasteiger partial charge in [0.05, 0.1) is 18.0 Å². The van der Waals surface area contributed by atoms with E-state index >= 15 is 0 Å². The second kappa shape index (κ2) is 11.8. The van der Waals surface area contributed by atoms with E-state index in [1.165, 1.54) is 6.07 Å². The molecule has 0 radical (unpaired) electrons. The second-order valence-electron chi connectivity index (χ2n) is 11.0. The topological polar surface area (TPSA) is 107 Å². The summed E-state index contributed by atoms with van der Waals surface area (Å²) < 4.78 is 14.1. The Labute approximate surface area is 212 Å². The fourth-order valence-corrected chi connectivity index (χ4v) is 4.61. The molecular formula is C27H40FN5O3. The number of aromatic amines is 1. The zero-order valence-electron chi connectivity index (χ0n) is 22.1. The minimum Gasteiger partial charge on any atom is -0.345 e. The Balaban J connectivity index is 1.73. The lowest BCUT2D eigenvalue weighted by molar-refractivity contribution is -0.139. The number of amides is 3. The quantitative estimate of drug-likeness (QED) is 0.474. The molecule has 1 aliphatic heterocycles. The summed E-state index contributed by atoms with van der Waals surface area (Å²) in [4.78, 5) is 48.4. The Bertz CT molecular complexity index is 1080. The smallest absolute Gasteiger partial charge is 0.243 e. The molecule has 3 N–H and O–H groups in total. The molecule has 0 bridgehead atoms. The third-order valence-corrected chi connectivity index (χ3v) is 6.80. The molecule has 36 heavy (non-hydrogen) atoms. The van der Waals surface area contributed by atoms with Gasteiger partial charge in [-0.15, -0.1) is 0 Å². The number of hydrogen-bond donors (Lipinski definition) is 3. The van der Waals surface area contributed by atoms with Gasteiger partial charge in [0.25, 0.3) is 0 Å². The molecule has 2 unspecified atom stereocenters. The number of nitrogens with one attached hydrogen (secondary N) is 3. The Morgan fingerprint density at radius 3 is 2.64 bits per heavy atom. The molecule has 1 fully saturated rings. The van der Waals surface area contributed by atoms with Gasteiger partial charge < -0.3 is 20.5 Å². The molecule has 1 aliphatic rings. The third-order valence-electron chi connectivity index (χ3n) is 6.80. The summed E-state index contributed by atoms with van der Waals surface area (Å²) in [6.45, 7) is 10.6. The molecule has 3 rings (SSSR count). The first kappa shape index (κ1) is 27.6. The largest absolute Gasteiger partial charge is 0.345 e. The van der Waals surface area contributed by atoms with E-state index in [9.17, 15) is 18.8 Å². The van der Waals surface area contributed by atoms with Crippen molar-refractivity contribution in [1.29, 1.82) is 0 Å². The van der Waals surface area contributed by atoms with Crippen LogP contribution in [-0.2, 0) is 14.4 Å². The molecular weight excluding hydrogens is 461 g/mol. The number of carbonyl (C=O) groups excluding carboxylic acids is 3. The number of likely N-dealkylation sites (tertiary alicyclic amines) is 1. The number of halogens is 1. The van der Waals surface area contributed by atoms with Crippen molar-refractivity contribution in [3.63, 3.8) is 0 Å². The van der Waals surface area contributed by atoms with E-state index in [1.807, 2.05) is 25.7 Å². The predicted molar refractivity (Wildman–Crippen MR) is 137 cm³/mol. The van der Waals surface area contributed by atoms with Gasteiger partial charge in [0.15, 0.2) is 5.82 Å². The number of benzene rings is 1. The van der Waals surface area contributed by atoms with Crippen LogP contribution in [0.5, 0.6) is 0 Å². The number of nitrogens with zero attached hydrogens (tertiary/aromatic N) is 2. The van der Waals surface area contributed by atoms with Gasteiger partial charge in [0.2, 0.25) is 17.7 Å². The van der Waals surface area contributed by atoms with Crippen molar-refractivity contribution in [2.75, 3.05) is 6.54 Å². The summed E-state index contributed by atoms with van der Waals surface area (Å²) in [5.41, 5.74) is 0.702. The number of hydrogen-bond acceptors (Lipinski definition) is 4. The lowest BCUT2D eigenvalue weighted by Gasteiger charge is -2.36. The summed E-state index contributed by atoms with van der Waals surface area (Å²) in [7, 11) is 0. The highest BCUT2D eigenvalue weighted by Crippen LogP contribution is 2.23. The molecule has 0 saturated carbocycles. The van der Waals surface area contributed by atoms with Gasteiger partial charge in [-0.05, 0) is 56.6 Å². The monoisotopic (exact) mass is 501 g/mol. The maximum absolute atomic E-state index is 14.1. The number of piperidine rings is 1. The highest BCUT2D eigenvalue weighted by atomic mass is 19.1. The van der Waals surface area contributed by atoms with E-state index in [0.717, 1.165) is 25.7 Å². The van der Waals surface area contributed by atoms with E-state index < -0.39 is 23.8 Å². The van der Waals surface area contributed by atoms with Crippen LogP contribution in [0.25, 0.3) is 11.0 Å². The standard InChI is InChI=1S/C27H40FN5O3/c1-6-18-10-7-8-15-33(18)23(35)16-21(30-22(34)13-14-27(3,4)5)26(36)29-17(2)25-31-20-12-9-11-19(28)24(20)32-25/h9,11-12,17-18,21H,6-8,10,13-16H2,1-5H3,(H,29,36)(H,30,34)(H,31,32)/t17-,18?,21?/m0/s1. The number of para-hydroxylation sites is 1. The van der Waals surface area contributed by atoms with Gasteiger partial charge in [-0.1, -0.05) is 33.8 Å². The Morgan fingerprint density at radius 2 is 1.97 bits per heavy atom. The SMILES string of the molecule is CCC1CCCCN1C(=O)CC(NC(=O)CCC(C)(C)C)C(=O)N[C@@H](C)c1nc2c(F)cccc2[nH]1. The number of aromatic nitrogens is 2. The minimum absolute atomic E-state index is 0.0296. The summed E-state index contributed by atoms with van der Waals surface area (Å²) >= 11 is 0. The molecule has 9 heteroatoms. The van der Waals surface area contributed by atoms with Gasteiger partial charge >= 0.3 is 0 Å². The number of rotatable bonds is 9. The molecule has 8 nitrogen and oxygen atoms in total. The van der Waals surface area contributed by atoms with Crippen LogP contribution < -0.4 is 10.6 Å². The number of fused-ring (bicyclic) bond motifs is 1. The van der Waals surface area contributed by atoms with Crippen molar-refractivity contribution >= 4 is 28.8 Å². The van der Waals surface area contributed by atoms with Crippen molar-refractivity contribution in [3.05, 3.63) is 29.8 Å². The van der Waals surface area contributed by atoms with Crippen LogP contribution >= 0.6 is 0 Å². The van der Waals surface area contributed by atoms with E-state index in [1.54, 1.807) is 19.1 Å². The van der Waals surface area contributed by atoms with Crippen molar-refractivity contribution in [2.45, 2.75) is 97.7 Å². The van der Waals surface area contributed by atoms with E-state index in [0.29, 0.717) is 24.3 Å². The minimum atomic E-state index is -1.01. The maximum atomic E-state index is 14.1. The van der Waals surface area contributed by atoms with Crippen molar-refractivity contribution in [1.82, 2.24) is 25.5 Å². The maximum Gasteiger partial charge on any atom is 0.243 e. The first-order valence-electron chi connectivity index (χ1n) is 13.0. The zero-order valence-corrected chi connectivity index (χ0v) is 22.1. The Kier molecular flexibility index (Phi) is 9.08. The molecule has 0 aliphatic carbocycles. The van der Waals surface area contributed by atoms with Gasteiger partial charge in [-0.25, -0.2) is 9.37 Å². The summed E-state index contributed by atoms with van der Waals surface area (Å²) in [5.74, 6) is -0.908. The fourth-order valence-electron chi connectivity index (χ4n) is 4.61. The number of H-pyrrole nitrogens is 1. The lowest BCUT2D eigenvalue weighted by atomic mass is 9.90. The van der Waals surface area contributed by atoms with Crippen LogP contribution in [0.1, 0.15) is 91.4 Å². The second-order valence-corrected chi connectivity index (χ2v) is 11.0. The van der Waals surface area contributed by atoms with Crippen LogP contribution in [0, 0.1) is 11.2 Å². The third kappa shape index (κ3) is 7.27. The molecule has 198 valence electrons. The van der Waals surface area contributed by atoms with Crippen LogP contribution in [0.3, 0.4) is 0 Å². The molecule has 2 aromatic rings. The summed E-state index contributed by atoms with van der Waals surface area (Å²) in [6.07, 6.45) is 4.66. The molecule has 1 aromatic heterocycles. The highest BCUT2D eigenvalue weighted by Gasteiger charge is 2.31. The predicted octanol–water partition coefficient (Wildman–Crippen LogP) is 4.37. The first-order valence-corrected chi connectivity index (χ1v) is 13.0. The Morgan fingerprint density at radius 1 is 1.22 bits per heavy atom.